The summed E-state index contributed by atoms with van der Waals surface area (Å²) in [4.78, 5) is 40.4. The molecule has 1 unspecified atom stereocenters. The van der Waals surface area contributed by atoms with E-state index in [0.717, 1.165) is 6.42 Å². The van der Waals surface area contributed by atoms with Crippen LogP contribution in [0, 0.1) is 11.3 Å². The molecule has 1 aliphatic rings. The topological polar surface area (TPSA) is 135 Å². The summed E-state index contributed by atoms with van der Waals surface area (Å²) in [5.74, 6) is -3.21. The highest BCUT2D eigenvalue weighted by atomic mass is 16.5. The standard InChI is InChI=1S/C26H26N4O5/c1-4-14-29-24(31)17-12-8-9-13-19(17)30-22(26(33)35-3)21(25(32)34-2)20(18(15-27)23(30)28)16-10-6-5-7-11-16/h5-13,20H,4,14,28H2,1-3H3,(H,29,31). The molecule has 0 fully saturated rings. The summed E-state index contributed by atoms with van der Waals surface area (Å²) in [7, 11) is 2.34. The first kappa shape index (κ1) is 25.1. The predicted octanol–water partition coefficient (Wildman–Crippen LogP) is 2.72. The minimum atomic E-state index is -0.986. The van der Waals surface area contributed by atoms with Crippen molar-refractivity contribution >= 4 is 23.5 Å². The van der Waals surface area contributed by atoms with Gasteiger partial charge < -0.3 is 20.5 Å². The van der Waals surface area contributed by atoms with Gasteiger partial charge in [0.1, 0.15) is 11.5 Å². The zero-order chi connectivity index (χ0) is 25.5. The lowest BCUT2D eigenvalue weighted by atomic mass is 9.80. The number of nitriles is 1. The number of carbonyl (C=O) groups is 3. The third kappa shape index (κ3) is 4.73. The molecule has 0 radical (unpaired) electrons. The second-order valence-electron chi connectivity index (χ2n) is 7.61. The van der Waals surface area contributed by atoms with Crippen molar-refractivity contribution < 1.29 is 23.9 Å². The van der Waals surface area contributed by atoms with Crippen LogP contribution in [0.4, 0.5) is 5.69 Å². The summed E-state index contributed by atoms with van der Waals surface area (Å²) in [6.45, 7) is 2.35. The monoisotopic (exact) mass is 474 g/mol. The van der Waals surface area contributed by atoms with Gasteiger partial charge in [0.05, 0.1) is 48.6 Å². The molecular weight excluding hydrogens is 448 g/mol. The zero-order valence-electron chi connectivity index (χ0n) is 19.7. The van der Waals surface area contributed by atoms with Crippen molar-refractivity contribution in [3.63, 3.8) is 0 Å². The lowest BCUT2D eigenvalue weighted by Crippen LogP contribution is -2.41. The van der Waals surface area contributed by atoms with Crippen molar-refractivity contribution in [2.24, 2.45) is 5.73 Å². The van der Waals surface area contributed by atoms with Crippen molar-refractivity contribution in [3.8, 4) is 6.07 Å². The van der Waals surface area contributed by atoms with E-state index in [4.69, 9.17) is 15.2 Å². The number of nitrogens with two attached hydrogens (primary N) is 1. The molecule has 3 N–H and O–H groups in total. The highest BCUT2D eigenvalue weighted by molar-refractivity contribution is 6.08. The number of carbonyl (C=O) groups excluding carboxylic acids is 3. The Morgan fingerprint density at radius 1 is 1.03 bits per heavy atom. The minimum absolute atomic E-state index is 0.0213. The first-order valence-corrected chi connectivity index (χ1v) is 10.9. The maximum Gasteiger partial charge on any atom is 0.355 e. The molecule has 1 amide bonds. The molecule has 1 aliphatic heterocycles. The second-order valence-corrected chi connectivity index (χ2v) is 7.61. The summed E-state index contributed by atoms with van der Waals surface area (Å²) in [6.07, 6.45) is 0.719. The molecule has 9 heteroatoms. The van der Waals surface area contributed by atoms with Crippen LogP contribution in [0.25, 0.3) is 0 Å². The normalized spacial score (nSPS) is 15.4. The van der Waals surface area contributed by atoms with Gasteiger partial charge in [0.25, 0.3) is 5.91 Å². The lowest BCUT2D eigenvalue weighted by Gasteiger charge is -2.36. The number of allylic oxidation sites excluding steroid dienone is 1. The summed E-state index contributed by atoms with van der Waals surface area (Å²) < 4.78 is 10.1. The van der Waals surface area contributed by atoms with Gasteiger partial charge in [-0.25, -0.2) is 9.59 Å². The maximum absolute atomic E-state index is 13.2. The molecule has 1 heterocycles. The van der Waals surface area contributed by atoms with Gasteiger partial charge >= 0.3 is 11.9 Å². The molecule has 1 atom stereocenters. The minimum Gasteiger partial charge on any atom is -0.466 e. The van der Waals surface area contributed by atoms with Crippen LogP contribution < -0.4 is 16.0 Å². The Morgan fingerprint density at radius 2 is 1.66 bits per heavy atom. The van der Waals surface area contributed by atoms with E-state index >= 15 is 0 Å². The molecule has 0 aromatic heterocycles. The Kier molecular flexibility index (Phi) is 7.89. The SMILES string of the molecule is CCCNC(=O)c1ccccc1N1C(N)=C(C#N)C(c2ccccc2)C(C(=O)OC)=C1C(=O)OC. The summed E-state index contributed by atoms with van der Waals surface area (Å²) in [5, 5.41) is 12.9. The van der Waals surface area contributed by atoms with Crippen molar-refractivity contribution in [2.75, 3.05) is 25.7 Å². The van der Waals surface area contributed by atoms with Crippen LogP contribution in [-0.2, 0) is 19.1 Å². The van der Waals surface area contributed by atoms with Crippen molar-refractivity contribution in [1.82, 2.24) is 5.32 Å². The van der Waals surface area contributed by atoms with Crippen LogP contribution in [0.5, 0.6) is 0 Å². The summed E-state index contributed by atoms with van der Waals surface area (Å²) in [6, 6.07) is 17.2. The van der Waals surface area contributed by atoms with Crippen LogP contribution >= 0.6 is 0 Å². The predicted molar refractivity (Wildman–Crippen MR) is 129 cm³/mol. The van der Waals surface area contributed by atoms with E-state index in [1.165, 1.54) is 19.1 Å². The van der Waals surface area contributed by atoms with Crippen LogP contribution in [0.15, 0.2) is 77.3 Å². The molecule has 35 heavy (non-hydrogen) atoms. The smallest absolute Gasteiger partial charge is 0.355 e. The van der Waals surface area contributed by atoms with Crippen LogP contribution in [0.2, 0.25) is 0 Å². The van der Waals surface area contributed by atoms with E-state index < -0.39 is 23.8 Å². The number of hydrogen-bond acceptors (Lipinski definition) is 8. The average Bonchev–Trinajstić information content (AvgIpc) is 2.90. The quantitative estimate of drug-likeness (QED) is 0.585. The van der Waals surface area contributed by atoms with Gasteiger partial charge in [0, 0.05) is 6.54 Å². The van der Waals surface area contributed by atoms with Crippen molar-refractivity contribution in [3.05, 3.63) is 88.4 Å². The fourth-order valence-corrected chi connectivity index (χ4v) is 3.96. The van der Waals surface area contributed by atoms with Crippen molar-refractivity contribution in [2.45, 2.75) is 19.3 Å². The number of benzene rings is 2. The molecule has 0 bridgehead atoms. The van der Waals surface area contributed by atoms with Gasteiger partial charge in [0.2, 0.25) is 0 Å². The number of rotatable bonds is 7. The zero-order valence-corrected chi connectivity index (χ0v) is 19.7. The van der Waals surface area contributed by atoms with Crippen LogP contribution in [0.1, 0.15) is 35.2 Å². The van der Waals surface area contributed by atoms with E-state index in [2.05, 4.69) is 11.4 Å². The molecule has 2 aromatic carbocycles. The molecule has 9 nitrogen and oxygen atoms in total. The number of nitrogens with zero attached hydrogens (tertiary/aromatic N) is 2. The number of hydrogen-bond donors (Lipinski definition) is 2. The summed E-state index contributed by atoms with van der Waals surface area (Å²) in [5.41, 5.74) is 7.13. The molecule has 0 saturated carbocycles. The first-order valence-electron chi connectivity index (χ1n) is 10.9. The Bertz CT molecular complexity index is 1240. The number of amides is 1. The lowest BCUT2D eigenvalue weighted by molar-refractivity contribution is -0.139. The highest BCUT2D eigenvalue weighted by Gasteiger charge is 2.43. The third-order valence-electron chi connectivity index (χ3n) is 5.54. The van der Waals surface area contributed by atoms with Gasteiger partial charge in [-0.05, 0) is 24.1 Å². The van der Waals surface area contributed by atoms with Gasteiger partial charge in [0.15, 0.2) is 0 Å². The van der Waals surface area contributed by atoms with Gasteiger partial charge in [-0.15, -0.1) is 0 Å². The Morgan fingerprint density at radius 3 is 2.26 bits per heavy atom. The van der Waals surface area contributed by atoms with Crippen molar-refractivity contribution in [1.29, 1.82) is 5.26 Å². The summed E-state index contributed by atoms with van der Waals surface area (Å²) >= 11 is 0. The number of nitrogens with one attached hydrogen (secondary N) is 1. The maximum atomic E-state index is 13.2. The van der Waals surface area contributed by atoms with Gasteiger partial charge in [-0.1, -0.05) is 49.4 Å². The average molecular weight is 475 g/mol. The van der Waals surface area contributed by atoms with E-state index in [9.17, 15) is 19.6 Å². The highest BCUT2D eigenvalue weighted by Crippen LogP contribution is 2.43. The fourth-order valence-electron chi connectivity index (χ4n) is 3.96. The fraction of sp³-hybridized carbons (Fsp3) is 0.231. The number of ether oxygens (including phenoxy) is 2. The van der Waals surface area contributed by atoms with E-state index in [-0.39, 0.29) is 33.9 Å². The molecule has 0 aliphatic carbocycles. The molecule has 0 saturated heterocycles. The molecule has 0 spiro atoms. The Balaban J connectivity index is 2.39. The number of methoxy groups -OCH3 is 2. The van der Waals surface area contributed by atoms with Gasteiger partial charge in [-0.3, -0.25) is 9.69 Å². The Labute approximate surface area is 203 Å². The second kappa shape index (κ2) is 11.0. The first-order chi connectivity index (χ1) is 16.9. The number of esters is 2. The largest absolute Gasteiger partial charge is 0.466 e. The van der Waals surface area contributed by atoms with E-state index in [0.29, 0.717) is 12.1 Å². The molecular formula is C26H26N4O5. The molecule has 3 rings (SSSR count). The van der Waals surface area contributed by atoms with E-state index in [1.54, 1.807) is 54.6 Å². The third-order valence-corrected chi connectivity index (χ3v) is 5.54. The van der Waals surface area contributed by atoms with E-state index in [1.807, 2.05) is 6.92 Å². The molecule has 2 aromatic rings. The molecule has 180 valence electrons. The van der Waals surface area contributed by atoms with Crippen LogP contribution in [-0.4, -0.2) is 38.6 Å². The van der Waals surface area contributed by atoms with Gasteiger partial charge in [-0.2, -0.15) is 5.26 Å². The number of anilines is 1. The van der Waals surface area contributed by atoms with Crippen LogP contribution in [0.3, 0.4) is 0 Å². The number of para-hydroxylation sites is 1. The Hall–Kier alpha value is -4.58.